The van der Waals surface area contributed by atoms with Crippen molar-refractivity contribution in [3.8, 4) is 17.9 Å². The van der Waals surface area contributed by atoms with Crippen molar-refractivity contribution >= 4 is 32.3 Å². The summed E-state index contributed by atoms with van der Waals surface area (Å²) >= 11 is 0. The monoisotopic (exact) mass is 495 g/mol. The zero-order valence-electron chi connectivity index (χ0n) is 19.2. The Morgan fingerprint density at radius 3 is 2.36 bits per heavy atom. The van der Waals surface area contributed by atoms with Crippen molar-refractivity contribution in [2.45, 2.75) is 4.90 Å². The molecule has 5 rings (SSSR count). The minimum atomic E-state index is -3.55. The fourth-order valence-electron chi connectivity index (χ4n) is 3.79. The molecule has 1 aliphatic heterocycles. The Balaban J connectivity index is 1.37. The third-order valence-corrected chi connectivity index (χ3v) is 7.63. The molecule has 0 radical (unpaired) electrons. The Morgan fingerprint density at radius 1 is 0.917 bits per heavy atom. The number of sulfonamides is 1. The third kappa shape index (κ3) is 5.04. The maximum atomic E-state index is 12.8. The number of morpholine rings is 1. The topological polar surface area (TPSA) is 108 Å². The van der Waals surface area contributed by atoms with E-state index in [4.69, 9.17) is 10.00 Å². The summed E-state index contributed by atoms with van der Waals surface area (Å²) in [5.41, 5.74) is 2.68. The number of pyridine rings is 2. The van der Waals surface area contributed by atoms with Crippen LogP contribution >= 0.6 is 0 Å². The zero-order valence-corrected chi connectivity index (χ0v) is 20.0. The molecule has 2 aromatic heterocycles. The molecule has 1 N–H and O–H groups in total. The van der Waals surface area contributed by atoms with Gasteiger partial charge in [-0.05, 0) is 66.6 Å². The highest BCUT2D eigenvalue weighted by atomic mass is 32.2. The van der Waals surface area contributed by atoms with Crippen LogP contribution in [0.2, 0.25) is 0 Å². The molecule has 0 saturated carbocycles. The summed E-state index contributed by atoms with van der Waals surface area (Å²) in [6, 6.07) is 19.5. The van der Waals surface area contributed by atoms with E-state index >= 15 is 0 Å². The summed E-state index contributed by atoms with van der Waals surface area (Å²) in [5.74, 6) is 6.78. The minimum absolute atomic E-state index is 0.242. The van der Waals surface area contributed by atoms with Gasteiger partial charge in [0, 0.05) is 47.5 Å². The molecule has 0 bridgehead atoms. The van der Waals surface area contributed by atoms with E-state index in [-0.39, 0.29) is 4.90 Å². The lowest BCUT2D eigenvalue weighted by atomic mass is 10.1. The number of nitriles is 1. The molecular weight excluding hydrogens is 474 g/mol. The molecule has 4 aromatic rings. The van der Waals surface area contributed by atoms with Crippen molar-refractivity contribution in [3.63, 3.8) is 0 Å². The highest BCUT2D eigenvalue weighted by Gasteiger charge is 2.26. The molecule has 0 aliphatic carbocycles. The van der Waals surface area contributed by atoms with E-state index in [0.717, 1.165) is 16.3 Å². The molecule has 0 spiro atoms. The second-order valence-corrected chi connectivity index (χ2v) is 9.99. The molecule has 36 heavy (non-hydrogen) atoms. The average molecular weight is 496 g/mol. The fourth-order valence-corrected chi connectivity index (χ4v) is 5.20. The number of nitrogens with one attached hydrogen (secondary N) is 1. The van der Waals surface area contributed by atoms with E-state index in [1.54, 1.807) is 60.9 Å². The van der Waals surface area contributed by atoms with Gasteiger partial charge in [-0.3, -0.25) is 0 Å². The lowest BCUT2D eigenvalue weighted by Crippen LogP contribution is -2.40. The Bertz CT molecular complexity index is 1610. The first-order chi connectivity index (χ1) is 17.5. The molecule has 1 fully saturated rings. The van der Waals surface area contributed by atoms with Gasteiger partial charge in [-0.15, -0.1) is 0 Å². The highest BCUT2D eigenvalue weighted by molar-refractivity contribution is 7.89. The lowest BCUT2D eigenvalue weighted by Gasteiger charge is -2.26. The number of hydrogen-bond donors (Lipinski definition) is 1. The van der Waals surface area contributed by atoms with Gasteiger partial charge in [0.25, 0.3) is 0 Å². The van der Waals surface area contributed by atoms with Gasteiger partial charge in [0.15, 0.2) is 0 Å². The normalized spacial score (nSPS) is 14.0. The summed E-state index contributed by atoms with van der Waals surface area (Å²) in [5, 5.41) is 13.9. The number of aromatic nitrogens is 2. The Labute approximate surface area is 209 Å². The molecular formula is C27H21N5O3S. The van der Waals surface area contributed by atoms with Gasteiger partial charge in [0.1, 0.15) is 11.5 Å². The molecule has 0 amide bonds. The average Bonchev–Trinajstić information content (AvgIpc) is 2.93. The number of hydrogen-bond acceptors (Lipinski definition) is 7. The van der Waals surface area contributed by atoms with Crippen LogP contribution in [0.5, 0.6) is 0 Å². The van der Waals surface area contributed by atoms with Crippen LogP contribution < -0.4 is 5.32 Å². The number of fused-ring (bicyclic) bond motifs is 1. The summed E-state index contributed by atoms with van der Waals surface area (Å²) < 4.78 is 32.4. The first-order valence-corrected chi connectivity index (χ1v) is 12.7. The van der Waals surface area contributed by atoms with E-state index < -0.39 is 10.0 Å². The van der Waals surface area contributed by atoms with Gasteiger partial charge in [-0.25, -0.2) is 18.4 Å². The second-order valence-electron chi connectivity index (χ2n) is 8.06. The van der Waals surface area contributed by atoms with Crippen LogP contribution in [0.25, 0.3) is 10.8 Å². The number of rotatable bonds is 4. The van der Waals surface area contributed by atoms with E-state index in [9.17, 15) is 8.42 Å². The summed E-state index contributed by atoms with van der Waals surface area (Å²) in [6.45, 7) is 1.52. The maximum absolute atomic E-state index is 12.8. The first kappa shape index (κ1) is 23.5. The zero-order chi connectivity index (χ0) is 25.0. The Hall–Kier alpha value is -4.28. The molecule has 3 heterocycles. The largest absolute Gasteiger partial charge is 0.379 e. The molecule has 1 aliphatic rings. The predicted molar refractivity (Wildman–Crippen MR) is 136 cm³/mol. The summed E-state index contributed by atoms with van der Waals surface area (Å²) in [7, 11) is -3.55. The van der Waals surface area contributed by atoms with Crippen molar-refractivity contribution in [1.29, 1.82) is 5.26 Å². The maximum Gasteiger partial charge on any atom is 0.243 e. The molecule has 0 unspecified atom stereocenters. The number of nitrogens with zero attached hydrogens (tertiary/aromatic N) is 4. The van der Waals surface area contributed by atoms with Crippen LogP contribution in [-0.2, 0) is 14.8 Å². The van der Waals surface area contributed by atoms with Crippen LogP contribution in [0.1, 0.15) is 16.8 Å². The van der Waals surface area contributed by atoms with Crippen molar-refractivity contribution in [2.24, 2.45) is 0 Å². The SMILES string of the molecule is N#Cc1ccc(C#Cc2nccc3cnc(Nc4ccc(S(=O)(=O)N5CCOCC5)cc4)cc23)cc1. The number of ether oxygens (including phenoxy) is 1. The predicted octanol–water partition coefficient (Wildman–Crippen LogP) is 3.67. The van der Waals surface area contributed by atoms with Crippen molar-refractivity contribution in [2.75, 3.05) is 31.6 Å². The molecule has 0 atom stereocenters. The van der Waals surface area contributed by atoms with Crippen molar-refractivity contribution in [1.82, 2.24) is 14.3 Å². The summed E-state index contributed by atoms with van der Waals surface area (Å²) in [4.78, 5) is 9.13. The van der Waals surface area contributed by atoms with E-state index in [1.165, 1.54) is 4.31 Å². The van der Waals surface area contributed by atoms with Gasteiger partial charge in [-0.1, -0.05) is 5.92 Å². The lowest BCUT2D eigenvalue weighted by molar-refractivity contribution is 0.0730. The highest BCUT2D eigenvalue weighted by Crippen LogP contribution is 2.24. The fraction of sp³-hybridized carbons (Fsp3) is 0.148. The van der Waals surface area contributed by atoms with Crippen molar-refractivity contribution in [3.05, 3.63) is 89.9 Å². The molecule has 8 nitrogen and oxygen atoms in total. The molecule has 178 valence electrons. The van der Waals surface area contributed by atoms with Gasteiger partial charge in [0.2, 0.25) is 10.0 Å². The van der Waals surface area contributed by atoms with Gasteiger partial charge >= 0.3 is 0 Å². The van der Waals surface area contributed by atoms with Gasteiger partial charge in [0.05, 0.1) is 29.7 Å². The first-order valence-electron chi connectivity index (χ1n) is 11.2. The molecule has 9 heteroatoms. The van der Waals surface area contributed by atoms with Crippen molar-refractivity contribution < 1.29 is 13.2 Å². The van der Waals surface area contributed by atoms with Gasteiger partial charge < -0.3 is 10.1 Å². The summed E-state index contributed by atoms with van der Waals surface area (Å²) in [6.07, 6.45) is 3.43. The third-order valence-electron chi connectivity index (χ3n) is 5.72. The minimum Gasteiger partial charge on any atom is -0.379 e. The Morgan fingerprint density at radius 2 is 1.64 bits per heavy atom. The van der Waals surface area contributed by atoms with E-state index in [2.05, 4.69) is 33.2 Å². The van der Waals surface area contributed by atoms with E-state index in [0.29, 0.717) is 49.1 Å². The van der Waals surface area contributed by atoms with Crippen LogP contribution in [0, 0.1) is 23.2 Å². The van der Waals surface area contributed by atoms with E-state index in [1.807, 2.05) is 12.1 Å². The standard InChI is InChI=1S/C27H21N5O3S/c28-18-21-3-1-20(2-4-21)5-10-26-25-17-27(30-19-22(25)11-12-29-26)31-23-6-8-24(9-7-23)36(33,34)32-13-15-35-16-14-32/h1-4,6-9,11-12,17,19H,13-16H2,(H,30,31). The van der Waals surface area contributed by atoms with Crippen LogP contribution in [-0.4, -0.2) is 49.0 Å². The molecule has 1 saturated heterocycles. The van der Waals surface area contributed by atoms with Crippen LogP contribution in [0.3, 0.4) is 0 Å². The smallest absolute Gasteiger partial charge is 0.243 e. The van der Waals surface area contributed by atoms with Crippen LogP contribution in [0.4, 0.5) is 11.5 Å². The number of anilines is 2. The quantitative estimate of drug-likeness (QED) is 0.431. The molecule has 2 aromatic carbocycles. The van der Waals surface area contributed by atoms with Gasteiger partial charge in [-0.2, -0.15) is 9.57 Å². The number of benzene rings is 2. The second kappa shape index (κ2) is 10.1. The Kier molecular flexibility index (Phi) is 6.61. The van der Waals surface area contributed by atoms with Crippen LogP contribution in [0.15, 0.2) is 78.0 Å².